The first-order valence-corrected chi connectivity index (χ1v) is 5.24. The Morgan fingerprint density at radius 1 is 1.35 bits per heavy atom. The minimum atomic E-state index is -0.117. The Balaban J connectivity index is 1.98. The summed E-state index contributed by atoms with van der Waals surface area (Å²) in [7, 11) is 1.59. The van der Waals surface area contributed by atoms with Crippen molar-refractivity contribution in [2.45, 2.75) is 6.42 Å². The Morgan fingerprint density at radius 2 is 2.24 bits per heavy atom. The third kappa shape index (κ3) is 3.11. The molecule has 0 fully saturated rings. The Bertz CT molecular complexity index is 491. The molecule has 0 aliphatic heterocycles. The van der Waals surface area contributed by atoms with Gasteiger partial charge in [-0.2, -0.15) is 0 Å². The van der Waals surface area contributed by atoms with Gasteiger partial charge in [0.1, 0.15) is 11.5 Å². The third-order valence-corrected chi connectivity index (χ3v) is 2.27. The number of benzene rings is 1. The van der Waals surface area contributed by atoms with Gasteiger partial charge in [0.25, 0.3) is 0 Å². The number of methoxy groups -OCH3 is 1. The summed E-state index contributed by atoms with van der Waals surface area (Å²) in [4.78, 5) is 11.7. The number of hydrogen-bond acceptors (Lipinski definition) is 3. The van der Waals surface area contributed by atoms with Crippen molar-refractivity contribution in [3.8, 4) is 5.75 Å². The van der Waals surface area contributed by atoms with Crippen LogP contribution in [-0.2, 0) is 11.2 Å². The van der Waals surface area contributed by atoms with Gasteiger partial charge in [-0.3, -0.25) is 4.79 Å². The van der Waals surface area contributed by atoms with Crippen LogP contribution in [0.2, 0.25) is 0 Å². The topological polar surface area (TPSA) is 51.5 Å². The molecular formula is C13H13NO3. The molecule has 88 valence electrons. The quantitative estimate of drug-likeness (QED) is 0.879. The van der Waals surface area contributed by atoms with Gasteiger partial charge in [-0.05, 0) is 24.3 Å². The molecule has 1 N–H and O–H groups in total. The molecule has 0 unspecified atom stereocenters. The molecule has 0 radical (unpaired) electrons. The first kappa shape index (κ1) is 11.3. The molecule has 1 aromatic carbocycles. The molecule has 0 bridgehead atoms. The van der Waals surface area contributed by atoms with Crippen molar-refractivity contribution >= 4 is 11.6 Å². The Morgan fingerprint density at radius 3 is 2.94 bits per heavy atom. The van der Waals surface area contributed by atoms with Crippen LogP contribution in [0, 0.1) is 0 Å². The number of amides is 1. The van der Waals surface area contributed by atoms with E-state index in [1.165, 1.54) is 0 Å². The van der Waals surface area contributed by atoms with Gasteiger partial charge >= 0.3 is 0 Å². The van der Waals surface area contributed by atoms with Gasteiger partial charge in [0.05, 0.1) is 19.8 Å². The molecule has 0 aliphatic rings. The highest BCUT2D eigenvalue weighted by Crippen LogP contribution is 2.16. The fraction of sp³-hybridized carbons (Fsp3) is 0.154. The van der Waals surface area contributed by atoms with Crippen molar-refractivity contribution in [3.05, 3.63) is 48.4 Å². The first-order chi connectivity index (χ1) is 8.28. The summed E-state index contributed by atoms with van der Waals surface area (Å²) in [6.45, 7) is 0. The smallest absolute Gasteiger partial charge is 0.231 e. The Hall–Kier alpha value is -2.23. The summed E-state index contributed by atoms with van der Waals surface area (Å²) >= 11 is 0. The molecule has 1 aromatic heterocycles. The van der Waals surface area contributed by atoms with Gasteiger partial charge in [-0.15, -0.1) is 0 Å². The number of ether oxygens (including phenoxy) is 1. The van der Waals surface area contributed by atoms with Gasteiger partial charge in [0.2, 0.25) is 5.91 Å². The lowest BCUT2D eigenvalue weighted by molar-refractivity contribution is -0.115. The minimum absolute atomic E-state index is 0.117. The van der Waals surface area contributed by atoms with Crippen LogP contribution in [0.1, 0.15) is 5.76 Å². The lowest BCUT2D eigenvalue weighted by atomic mass is 10.2. The maximum Gasteiger partial charge on any atom is 0.231 e. The number of nitrogens with one attached hydrogen (secondary N) is 1. The molecule has 2 rings (SSSR count). The number of furan rings is 1. The molecule has 0 saturated carbocycles. The molecular weight excluding hydrogens is 218 g/mol. The van der Waals surface area contributed by atoms with Gasteiger partial charge < -0.3 is 14.5 Å². The van der Waals surface area contributed by atoms with E-state index < -0.39 is 0 Å². The zero-order valence-electron chi connectivity index (χ0n) is 9.47. The standard InChI is InChI=1S/C13H13NO3/c1-16-11-5-2-4-10(8-11)14-13(15)9-12-6-3-7-17-12/h2-8H,9H2,1H3,(H,14,15). The van der Waals surface area contributed by atoms with Crippen molar-refractivity contribution in [3.63, 3.8) is 0 Å². The van der Waals surface area contributed by atoms with Gasteiger partial charge in [0.15, 0.2) is 0 Å². The summed E-state index contributed by atoms with van der Waals surface area (Å²) in [5, 5.41) is 2.78. The van der Waals surface area contributed by atoms with E-state index in [1.807, 2.05) is 18.2 Å². The van der Waals surface area contributed by atoms with E-state index >= 15 is 0 Å². The second-order valence-corrected chi connectivity index (χ2v) is 3.54. The molecule has 0 aliphatic carbocycles. The Labute approximate surface area is 99.2 Å². The van der Waals surface area contributed by atoms with E-state index in [2.05, 4.69) is 5.32 Å². The van der Waals surface area contributed by atoms with Gasteiger partial charge in [0, 0.05) is 11.8 Å². The van der Waals surface area contributed by atoms with E-state index in [-0.39, 0.29) is 12.3 Å². The van der Waals surface area contributed by atoms with Crippen molar-refractivity contribution < 1.29 is 13.9 Å². The highest BCUT2D eigenvalue weighted by molar-refractivity contribution is 5.92. The molecule has 4 heteroatoms. The summed E-state index contributed by atoms with van der Waals surface area (Å²) in [6, 6.07) is 10.7. The summed E-state index contributed by atoms with van der Waals surface area (Å²) in [5.74, 6) is 1.24. The zero-order chi connectivity index (χ0) is 12.1. The molecule has 0 saturated heterocycles. The monoisotopic (exact) mass is 231 g/mol. The SMILES string of the molecule is COc1cccc(NC(=O)Cc2ccco2)c1. The van der Waals surface area contributed by atoms with Crippen molar-refractivity contribution in [1.29, 1.82) is 0 Å². The fourth-order valence-corrected chi connectivity index (χ4v) is 1.48. The number of carbonyl (C=O) groups is 1. The highest BCUT2D eigenvalue weighted by atomic mass is 16.5. The summed E-state index contributed by atoms with van der Waals surface area (Å²) in [6.07, 6.45) is 1.78. The van der Waals surface area contributed by atoms with Crippen LogP contribution in [0.15, 0.2) is 47.1 Å². The van der Waals surface area contributed by atoms with E-state index in [0.29, 0.717) is 17.2 Å². The minimum Gasteiger partial charge on any atom is -0.497 e. The number of hydrogen-bond donors (Lipinski definition) is 1. The molecule has 17 heavy (non-hydrogen) atoms. The van der Waals surface area contributed by atoms with Crippen LogP contribution >= 0.6 is 0 Å². The van der Waals surface area contributed by atoms with Crippen LogP contribution in [0.5, 0.6) is 5.75 Å². The van der Waals surface area contributed by atoms with Crippen molar-refractivity contribution in [2.75, 3.05) is 12.4 Å². The highest BCUT2D eigenvalue weighted by Gasteiger charge is 2.06. The van der Waals surface area contributed by atoms with E-state index in [9.17, 15) is 4.79 Å². The maximum atomic E-state index is 11.7. The van der Waals surface area contributed by atoms with Crippen LogP contribution < -0.4 is 10.1 Å². The third-order valence-electron chi connectivity index (χ3n) is 2.27. The molecule has 1 heterocycles. The van der Waals surface area contributed by atoms with Crippen LogP contribution in [0.3, 0.4) is 0 Å². The second kappa shape index (κ2) is 5.21. The van der Waals surface area contributed by atoms with Crippen molar-refractivity contribution in [2.24, 2.45) is 0 Å². The number of anilines is 1. The summed E-state index contributed by atoms with van der Waals surface area (Å²) in [5.41, 5.74) is 0.709. The molecule has 4 nitrogen and oxygen atoms in total. The lowest BCUT2D eigenvalue weighted by Crippen LogP contribution is -2.13. The molecule has 0 spiro atoms. The maximum absolute atomic E-state index is 11.7. The predicted octanol–water partition coefficient (Wildman–Crippen LogP) is 2.47. The molecule has 1 amide bonds. The summed E-state index contributed by atoms with van der Waals surface area (Å²) < 4.78 is 10.2. The van der Waals surface area contributed by atoms with Crippen molar-refractivity contribution in [1.82, 2.24) is 0 Å². The van der Waals surface area contributed by atoms with Crippen LogP contribution in [0.25, 0.3) is 0 Å². The zero-order valence-corrected chi connectivity index (χ0v) is 9.47. The second-order valence-electron chi connectivity index (χ2n) is 3.54. The number of rotatable bonds is 4. The number of carbonyl (C=O) groups excluding carboxylic acids is 1. The van der Waals surface area contributed by atoms with Gasteiger partial charge in [-0.25, -0.2) is 0 Å². The molecule has 0 atom stereocenters. The normalized spacial score (nSPS) is 9.94. The first-order valence-electron chi connectivity index (χ1n) is 5.24. The average Bonchev–Trinajstić information content (AvgIpc) is 2.82. The van der Waals surface area contributed by atoms with E-state index in [1.54, 1.807) is 31.6 Å². The lowest BCUT2D eigenvalue weighted by Gasteiger charge is -2.05. The average molecular weight is 231 g/mol. The fourth-order valence-electron chi connectivity index (χ4n) is 1.48. The molecule has 2 aromatic rings. The largest absolute Gasteiger partial charge is 0.497 e. The Kier molecular flexibility index (Phi) is 3.45. The van der Waals surface area contributed by atoms with Gasteiger partial charge in [-0.1, -0.05) is 6.07 Å². The van der Waals surface area contributed by atoms with Crippen LogP contribution in [0.4, 0.5) is 5.69 Å². The van der Waals surface area contributed by atoms with Crippen LogP contribution in [-0.4, -0.2) is 13.0 Å². The van der Waals surface area contributed by atoms with E-state index in [0.717, 1.165) is 0 Å². The predicted molar refractivity (Wildman–Crippen MR) is 64.0 cm³/mol. The van der Waals surface area contributed by atoms with E-state index in [4.69, 9.17) is 9.15 Å².